The number of halogens is 1. The molecule has 0 saturated carbocycles. The third-order valence-electron chi connectivity index (χ3n) is 4.00. The minimum absolute atomic E-state index is 0.221. The number of carbonyl (C=O) groups excluding carboxylic acids is 1. The molecule has 0 bridgehead atoms. The second kappa shape index (κ2) is 7.23. The van der Waals surface area contributed by atoms with Crippen LogP contribution in [0.3, 0.4) is 0 Å². The van der Waals surface area contributed by atoms with Crippen molar-refractivity contribution in [3.63, 3.8) is 0 Å². The molecule has 9 heteroatoms. The highest BCUT2D eigenvalue weighted by Gasteiger charge is 2.32. The summed E-state index contributed by atoms with van der Waals surface area (Å²) in [7, 11) is 1.73. The number of aryl methyl sites for hydroxylation is 1. The molecule has 1 amide bonds. The third kappa shape index (κ3) is 3.49. The maximum Gasteiger partial charge on any atom is 0.414 e. The van der Waals surface area contributed by atoms with Crippen molar-refractivity contribution in [2.24, 2.45) is 12.0 Å². The summed E-state index contributed by atoms with van der Waals surface area (Å²) < 4.78 is 21.4. The smallest absolute Gasteiger partial charge is 0.414 e. The minimum atomic E-state index is -0.552. The van der Waals surface area contributed by atoms with E-state index in [-0.39, 0.29) is 13.1 Å². The van der Waals surface area contributed by atoms with Crippen molar-refractivity contribution in [2.45, 2.75) is 13.0 Å². The maximum atomic E-state index is 14.5. The normalized spacial score (nSPS) is 17.2. The first-order valence-corrected chi connectivity index (χ1v) is 7.92. The Hall–Kier alpha value is -3.41. The van der Waals surface area contributed by atoms with Crippen LogP contribution in [0.15, 0.2) is 35.5 Å². The number of aliphatic imine (C=N–C) groups is 1. The van der Waals surface area contributed by atoms with Crippen molar-refractivity contribution < 1.29 is 13.9 Å². The molecule has 1 aromatic heterocycles. The quantitative estimate of drug-likeness (QED) is 0.391. The van der Waals surface area contributed by atoms with E-state index in [1.165, 1.54) is 11.0 Å². The van der Waals surface area contributed by atoms with Crippen LogP contribution in [0.25, 0.3) is 11.3 Å². The highest BCUT2D eigenvalue weighted by atomic mass is 19.1. The first-order chi connectivity index (χ1) is 12.5. The Morgan fingerprint density at radius 3 is 3.00 bits per heavy atom. The van der Waals surface area contributed by atoms with E-state index >= 15 is 0 Å². The van der Waals surface area contributed by atoms with Gasteiger partial charge < -0.3 is 4.74 Å². The molecule has 1 aromatic carbocycles. The number of aromatic nitrogens is 2. The van der Waals surface area contributed by atoms with E-state index in [4.69, 9.17) is 10.00 Å². The van der Waals surface area contributed by atoms with E-state index in [0.29, 0.717) is 22.8 Å². The van der Waals surface area contributed by atoms with Crippen LogP contribution in [-0.2, 0) is 11.8 Å². The van der Waals surface area contributed by atoms with E-state index in [2.05, 4.69) is 15.4 Å². The number of hydrogen-bond acceptors (Lipinski definition) is 5. The van der Waals surface area contributed by atoms with Gasteiger partial charge in [0.15, 0.2) is 6.19 Å². The van der Waals surface area contributed by atoms with Gasteiger partial charge in [0.05, 0.1) is 24.5 Å². The Morgan fingerprint density at radius 2 is 2.35 bits per heavy atom. The zero-order valence-corrected chi connectivity index (χ0v) is 14.3. The summed E-state index contributed by atoms with van der Waals surface area (Å²) in [5.74, 6) is -0.0111. The van der Waals surface area contributed by atoms with Gasteiger partial charge in [-0.1, -0.05) is 0 Å². The second-order valence-electron chi connectivity index (χ2n) is 5.78. The Bertz CT molecular complexity index is 901. The summed E-state index contributed by atoms with van der Waals surface area (Å²) in [6, 6.07) is 6.30. The fourth-order valence-corrected chi connectivity index (χ4v) is 2.70. The van der Waals surface area contributed by atoms with E-state index < -0.39 is 18.0 Å². The molecule has 0 spiro atoms. The Morgan fingerprint density at radius 1 is 1.54 bits per heavy atom. The van der Waals surface area contributed by atoms with Gasteiger partial charge in [0.1, 0.15) is 17.8 Å². The molecular formula is C17H17FN6O2. The molecule has 3 rings (SSSR count). The van der Waals surface area contributed by atoms with Crippen LogP contribution in [0.5, 0.6) is 0 Å². The van der Waals surface area contributed by atoms with Gasteiger partial charge in [0.25, 0.3) is 0 Å². The van der Waals surface area contributed by atoms with Gasteiger partial charge in [-0.25, -0.2) is 9.18 Å². The Labute approximate surface area is 149 Å². The average Bonchev–Trinajstić information content (AvgIpc) is 3.19. The number of nitrogens with one attached hydrogen (secondary N) is 1. The summed E-state index contributed by atoms with van der Waals surface area (Å²) in [5.41, 5.74) is 1.46. The summed E-state index contributed by atoms with van der Waals surface area (Å²) in [6.07, 6.45) is 2.35. The predicted octanol–water partition coefficient (Wildman–Crippen LogP) is 2.04. The fourth-order valence-electron chi connectivity index (χ4n) is 2.70. The molecule has 1 unspecified atom stereocenters. The van der Waals surface area contributed by atoms with Gasteiger partial charge >= 0.3 is 6.09 Å². The first kappa shape index (κ1) is 17.4. The molecular weight excluding hydrogens is 339 g/mol. The lowest BCUT2D eigenvalue weighted by Gasteiger charge is -2.14. The van der Waals surface area contributed by atoms with Crippen molar-refractivity contribution in [3.8, 4) is 17.5 Å². The van der Waals surface area contributed by atoms with E-state index in [1.54, 1.807) is 49.2 Å². The average molecular weight is 356 g/mol. The molecule has 1 aliphatic rings. The van der Waals surface area contributed by atoms with Crippen LogP contribution in [0.2, 0.25) is 0 Å². The Kier molecular flexibility index (Phi) is 4.84. The number of hydrogen-bond donors (Lipinski definition) is 1. The molecule has 8 nitrogen and oxygen atoms in total. The van der Waals surface area contributed by atoms with Gasteiger partial charge in [0.2, 0.25) is 0 Å². The molecule has 26 heavy (non-hydrogen) atoms. The number of benzene rings is 1. The van der Waals surface area contributed by atoms with Crippen molar-refractivity contribution in [2.75, 3.05) is 18.0 Å². The number of carbonyl (C=O) groups is 1. The van der Waals surface area contributed by atoms with E-state index in [0.717, 1.165) is 0 Å². The number of anilines is 1. The minimum Gasteiger partial charge on any atom is -0.442 e. The zero-order valence-electron chi connectivity index (χ0n) is 14.3. The molecule has 1 atom stereocenters. The van der Waals surface area contributed by atoms with Crippen molar-refractivity contribution in [1.82, 2.24) is 15.1 Å². The lowest BCUT2D eigenvalue weighted by Crippen LogP contribution is -2.25. The molecule has 1 aliphatic heterocycles. The van der Waals surface area contributed by atoms with Gasteiger partial charge in [-0.05, 0) is 31.2 Å². The standard InChI is InChI=1S/C17H17FN6O2/c1-11(21-10-19)20-8-13-9-24(17(25)26-13)12-3-4-14(15(18)7-12)16-5-6-22-23(16)2/h3-7,13H,8-9H2,1-2H3,(H,20,21). The van der Waals surface area contributed by atoms with Gasteiger partial charge in [-0.15, -0.1) is 0 Å². The molecule has 134 valence electrons. The van der Waals surface area contributed by atoms with Crippen LogP contribution in [-0.4, -0.2) is 40.9 Å². The lowest BCUT2D eigenvalue weighted by atomic mass is 10.1. The number of rotatable bonds is 4. The van der Waals surface area contributed by atoms with Crippen LogP contribution in [0.1, 0.15) is 6.92 Å². The van der Waals surface area contributed by atoms with Gasteiger partial charge in [-0.3, -0.25) is 19.9 Å². The summed E-state index contributed by atoms with van der Waals surface area (Å²) >= 11 is 0. The monoisotopic (exact) mass is 356 g/mol. The topological polar surface area (TPSA) is 95.5 Å². The first-order valence-electron chi connectivity index (χ1n) is 7.92. The number of cyclic esters (lactones) is 1. The number of nitriles is 1. The molecule has 0 radical (unpaired) electrons. The van der Waals surface area contributed by atoms with Crippen LogP contribution >= 0.6 is 0 Å². The molecule has 1 fully saturated rings. The predicted molar refractivity (Wildman–Crippen MR) is 92.9 cm³/mol. The molecule has 0 aliphatic carbocycles. The summed E-state index contributed by atoms with van der Waals surface area (Å²) in [4.78, 5) is 17.6. The highest BCUT2D eigenvalue weighted by molar-refractivity contribution is 5.90. The number of nitrogens with zero attached hydrogens (tertiary/aromatic N) is 5. The van der Waals surface area contributed by atoms with Crippen molar-refractivity contribution >= 4 is 17.6 Å². The summed E-state index contributed by atoms with van der Waals surface area (Å²) in [6.45, 7) is 2.12. The van der Waals surface area contributed by atoms with Gasteiger partial charge in [0, 0.05) is 18.8 Å². The van der Waals surface area contributed by atoms with E-state index in [9.17, 15) is 9.18 Å². The largest absolute Gasteiger partial charge is 0.442 e. The second-order valence-corrected chi connectivity index (χ2v) is 5.78. The van der Waals surface area contributed by atoms with Crippen LogP contribution in [0, 0.1) is 17.3 Å². The van der Waals surface area contributed by atoms with Crippen LogP contribution in [0.4, 0.5) is 14.9 Å². The molecule has 2 aromatic rings. The van der Waals surface area contributed by atoms with Crippen molar-refractivity contribution in [1.29, 1.82) is 5.26 Å². The third-order valence-corrected chi connectivity index (χ3v) is 4.00. The van der Waals surface area contributed by atoms with Gasteiger partial charge in [-0.2, -0.15) is 10.4 Å². The molecule has 1 saturated heterocycles. The van der Waals surface area contributed by atoms with E-state index in [1.807, 2.05) is 0 Å². The number of amides is 1. The highest BCUT2D eigenvalue weighted by Crippen LogP contribution is 2.28. The Balaban J connectivity index is 1.74. The van der Waals surface area contributed by atoms with Crippen molar-refractivity contribution in [3.05, 3.63) is 36.3 Å². The maximum absolute atomic E-state index is 14.5. The van der Waals surface area contributed by atoms with Crippen LogP contribution < -0.4 is 10.2 Å². The lowest BCUT2D eigenvalue weighted by molar-refractivity contribution is 0.145. The number of amidine groups is 1. The fraction of sp³-hybridized carbons (Fsp3) is 0.294. The summed E-state index contributed by atoms with van der Waals surface area (Å²) in [5, 5.41) is 15.0. The SMILES string of the molecule is CC(=NCC1CN(c2ccc(-c3ccnn3C)c(F)c2)C(=O)O1)NC#N. The zero-order chi connectivity index (χ0) is 18.7. The number of ether oxygens (including phenoxy) is 1. The molecule has 2 heterocycles. The molecule has 1 N–H and O–H groups in total.